The minimum Gasteiger partial charge on any atom is -0.480 e. The molecule has 1 atom stereocenters. The van der Waals surface area contributed by atoms with Crippen LogP contribution in [0.4, 0.5) is 0 Å². The zero-order chi connectivity index (χ0) is 12.6. The Bertz CT molecular complexity index is 434. The smallest absolute Gasteiger partial charge is 0.321 e. The predicted octanol–water partition coefficient (Wildman–Crippen LogP) is 2.30. The first-order chi connectivity index (χ1) is 7.89. The normalized spacial score (nSPS) is 21.0. The molecule has 3 nitrogen and oxygen atoms in total. The molecular weight excluding hydrogens is 214 g/mol. The van der Waals surface area contributed by atoms with Crippen LogP contribution in [0, 0.1) is 0 Å². The van der Waals surface area contributed by atoms with Crippen molar-refractivity contribution >= 4 is 5.97 Å². The fourth-order valence-corrected chi connectivity index (χ4v) is 2.45. The van der Waals surface area contributed by atoms with E-state index in [1.807, 2.05) is 18.2 Å². The zero-order valence-corrected chi connectivity index (χ0v) is 10.6. The largest absolute Gasteiger partial charge is 0.480 e. The van der Waals surface area contributed by atoms with Crippen molar-refractivity contribution in [3.8, 4) is 0 Å². The van der Waals surface area contributed by atoms with Gasteiger partial charge in [-0.1, -0.05) is 24.3 Å². The van der Waals surface area contributed by atoms with E-state index in [1.54, 1.807) is 0 Å². The van der Waals surface area contributed by atoms with Crippen LogP contribution >= 0.6 is 0 Å². The van der Waals surface area contributed by atoms with Crippen molar-refractivity contribution in [2.24, 2.45) is 0 Å². The molecule has 2 rings (SSSR count). The Labute approximate surface area is 102 Å². The number of carboxylic acids is 1. The topological polar surface area (TPSA) is 40.5 Å². The van der Waals surface area contributed by atoms with Gasteiger partial charge in [0, 0.05) is 12.1 Å². The molecule has 1 aromatic rings. The van der Waals surface area contributed by atoms with E-state index in [0.29, 0.717) is 6.42 Å². The third-order valence-corrected chi connectivity index (χ3v) is 3.40. The second-order valence-electron chi connectivity index (χ2n) is 5.63. The van der Waals surface area contributed by atoms with Gasteiger partial charge in [-0.2, -0.15) is 0 Å². The van der Waals surface area contributed by atoms with Gasteiger partial charge >= 0.3 is 5.97 Å². The van der Waals surface area contributed by atoms with Crippen LogP contribution in [-0.4, -0.2) is 27.6 Å². The number of benzene rings is 1. The van der Waals surface area contributed by atoms with Crippen LogP contribution in [0.2, 0.25) is 0 Å². The highest BCUT2D eigenvalue weighted by atomic mass is 16.4. The Morgan fingerprint density at radius 1 is 1.29 bits per heavy atom. The molecule has 0 saturated heterocycles. The first-order valence-corrected chi connectivity index (χ1v) is 5.96. The monoisotopic (exact) mass is 233 g/mol. The Balaban J connectivity index is 2.38. The van der Waals surface area contributed by atoms with Gasteiger partial charge < -0.3 is 5.11 Å². The average Bonchev–Trinajstić information content (AvgIpc) is 2.26. The standard InChI is InChI=1S/C14H19NO2/c1-14(2,3)15-9-11-7-5-4-6-10(11)8-12(15)13(16)17/h4-7,12H,8-9H2,1-3H3,(H,16,17)/t12-/m0/s1. The van der Waals surface area contributed by atoms with E-state index in [9.17, 15) is 9.90 Å². The minimum absolute atomic E-state index is 0.128. The van der Waals surface area contributed by atoms with Gasteiger partial charge in [-0.05, 0) is 38.3 Å². The number of carbonyl (C=O) groups is 1. The summed E-state index contributed by atoms with van der Waals surface area (Å²) in [6, 6.07) is 7.70. The molecule has 0 bridgehead atoms. The highest BCUT2D eigenvalue weighted by Crippen LogP contribution is 2.29. The molecule has 0 aliphatic carbocycles. The van der Waals surface area contributed by atoms with E-state index in [1.165, 1.54) is 11.1 Å². The summed E-state index contributed by atoms with van der Waals surface area (Å²) in [5.74, 6) is -0.727. The first kappa shape index (κ1) is 12.1. The Morgan fingerprint density at radius 3 is 2.41 bits per heavy atom. The van der Waals surface area contributed by atoms with Crippen molar-refractivity contribution in [3.05, 3.63) is 35.4 Å². The molecule has 0 spiro atoms. The molecule has 1 aromatic carbocycles. The average molecular weight is 233 g/mol. The molecule has 1 N–H and O–H groups in total. The number of hydrogen-bond donors (Lipinski definition) is 1. The summed E-state index contributed by atoms with van der Waals surface area (Å²) in [5, 5.41) is 9.36. The second kappa shape index (κ2) is 4.15. The van der Waals surface area contributed by atoms with E-state index < -0.39 is 12.0 Å². The molecule has 0 saturated carbocycles. The van der Waals surface area contributed by atoms with Crippen molar-refractivity contribution in [1.82, 2.24) is 4.90 Å². The van der Waals surface area contributed by atoms with Crippen LogP contribution in [0.15, 0.2) is 24.3 Å². The van der Waals surface area contributed by atoms with Crippen molar-refractivity contribution in [2.75, 3.05) is 0 Å². The molecule has 0 unspecified atom stereocenters. The third-order valence-electron chi connectivity index (χ3n) is 3.40. The van der Waals surface area contributed by atoms with Gasteiger partial charge in [0.25, 0.3) is 0 Å². The van der Waals surface area contributed by atoms with Gasteiger partial charge in [-0.3, -0.25) is 9.69 Å². The maximum atomic E-state index is 11.4. The summed E-state index contributed by atoms with van der Waals surface area (Å²) in [7, 11) is 0. The molecule has 1 aliphatic rings. The summed E-state index contributed by atoms with van der Waals surface area (Å²) in [5.41, 5.74) is 2.29. The van der Waals surface area contributed by atoms with Gasteiger partial charge in [-0.15, -0.1) is 0 Å². The van der Waals surface area contributed by atoms with Crippen LogP contribution in [0.1, 0.15) is 31.9 Å². The molecule has 92 valence electrons. The molecule has 17 heavy (non-hydrogen) atoms. The molecule has 0 amide bonds. The van der Waals surface area contributed by atoms with Crippen molar-refractivity contribution in [3.63, 3.8) is 0 Å². The van der Waals surface area contributed by atoms with Crippen LogP contribution in [0.3, 0.4) is 0 Å². The summed E-state index contributed by atoms with van der Waals surface area (Å²) in [6.07, 6.45) is 0.600. The van der Waals surface area contributed by atoms with E-state index in [2.05, 4.69) is 31.7 Å². The predicted molar refractivity (Wildman–Crippen MR) is 66.9 cm³/mol. The molecular formula is C14H19NO2. The Kier molecular flexibility index (Phi) is 2.96. The number of nitrogens with zero attached hydrogens (tertiary/aromatic N) is 1. The van der Waals surface area contributed by atoms with Crippen molar-refractivity contribution in [1.29, 1.82) is 0 Å². The summed E-state index contributed by atoms with van der Waals surface area (Å²) in [4.78, 5) is 13.4. The highest BCUT2D eigenvalue weighted by molar-refractivity contribution is 5.74. The van der Waals surface area contributed by atoms with E-state index in [0.717, 1.165) is 6.54 Å². The number of fused-ring (bicyclic) bond motifs is 1. The van der Waals surface area contributed by atoms with Crippen molar-refractivity contribution < 1.29 is 9.90 Å². The SMILES string of the molecule is CC(C)(C)N1Cc2ccccc2C[C@H]1C(=O)O. The number of rotatable bonds is 1. The van der Waals surface area contributed by atoms with Gasteiger partial charge in [-0.25, -0.2) is 0 Å². The quantitative estimate of drug-likeness (QED) is 0.809. The van der Waals surface area contributed by atoms with Crippen LogP contribution < -0.4 is 0 Å². The fourth-order valence-electron chi connectivity index (χ4n) is 2.45. The highest BCUT2D eigenvalue weighted by Gasteiger charge is 2.37. The van der Waals surface area contributed by atoms with Gasteiger partial charge in [0.15, 0.2) is 0 Å². The Hall–Kier alpha value is -1.35. The molecule has 0 fully saturated rings. The van der Waals surface area contributed by atoms with Gasteiger partial charge in [0.05, 0.1) is 0 Å². The molecule has 0 radical (unpaired) electrons. The van der Waals surface area contributed by atoms with E-state index >= 15 is 0 Å². The second-order valence-corrected chi connectivity index (χ2v) is 5.63. The van der Waals surface area contributed by atoms with Crippen molar-refractivity contribution in [2.45, 2.75) is 45.3 Å². The lowest BCUT2D eigenvalue weighted by Crippen LogP contribution is -2.54. The molecule has 0 aromatic heterocycles. The summed E-state index contributed by atoms with van der Waals surface area (Å²) >= 11 is 0. The molecule has 3 heteroatoms. The van der Waals surface area contributed by atoms with E-state index in [4.69, 9.17) is 0 Å². The zero-order valence-electron chi connectivity index (χ0n) is 10.6. The first-order valence-electron chi connectivity index (χ1n) is 5.96. The van der Waals surface area contributed by atoms with Crippen LogP contribution in [0.5, 0.6) is 0 Å². The molecule has 1 aliphatic heterocycles. The van der Waals surface area contributed by atoms with Crippen LogP contribution in [-0.2, 0) is 17.8 Å². The minimum atomic E-state index is -0.727. The lowest BCUT2D eigenvalue weighted by molar-refractivity contribution is -0.146. The number of hydrogen-bond acceptors (Lipinski definition) is 2. The lowest BCUT2D eigenvalue weighted by Gasteiger charge is -2.43. The molecule has 1 heterocycles. The number of aliphatic carboxylic acids is 1. The van der Waals surface area contributed by atoms with Gasteiger partial charge in [0.2, 0.25) is 0 Å². The van der Waals surface area contributed by atoms with Gasteiger partial charge in [0.1, 0.15) is 6.04 Å². The third kappa shape index (κ3) is 2.34. The Morgan fingerprint density at radius 2 is 1.88 bits per heavy atom. The lowest BCUT2D eigenvalue weighted by atomic mass is 9.90. The fraction of sp³-hybridized carbons (Fsp3) is 0.500. The van der Waals surface area contributed by atoms with E-state index in [-0.39, 0.29) is 5.54 Å². The van der Waals surface area contributed by atoms with Crippen LogP contribution in [0.25, 0.3) is 0 Å². The summed E-state index contributed by atoms with van der Waals surface area (Å²) in [6.45, 7) is 6.92. The summed E-state index contributed by atoms with van der Waals surface area (Å²) < 4.78 is 0. The maximum Gasteiger partial charge on any atom is 0.321 e. The number of carboxylic acid groups (broad SMARTS) is 1. The maximum absolute atomic E-state index is 11.4.